The van der Waals surface area contributed by atoms with Gasteiger partial charge in [0.2, 0.25) is 0 Å². The molecule has 3 N–H and O–H groups in total. The smallest absolute Gasteiger partial charge is 0.293 e. The van der Waals surface area contributed by atoms with Gasteiger partial charge in [-0.2, -0.15) is 0 Å². The van der Waals surface area contributed by atoms with E-state index < -0.39 is 11.6 Å². The van der Waals surface area contributed by atoms with Gasteiger partial charge in [0, 0.05) is 0 Å². The first-order valence-electron chi connectivity index (χ1n) is 4.63. The van der Waals surface area contributed by atoms with Gasteiger partial charge in [0.25, 0.3) is 6.47 Å². The molecule has 0 aromatic heterocycles. The first kappa shape index (κ1) is 11.5. The second kappa shape index (κ2) is 4.31. The van der Waals surface area contributed by atoms with Crippen LogP contribution in [0.4, 0.5) is 0 Å². The Labute approximate surface area is 88.7 Å². The molecule has 1 rings (SSSR count). The van der Waals surface area contributed by atoms with Crippen LogP contribution < -0.4 is 5.73 Å². The third kappa shape index (κ3) is 2.70. The molecule has 0 radical (unpaired) electrons. The Hall–Kier alpha value is -1.55. The molecule has 1 unspecified atom stereocenters. The van der Waals surface area contributed by atoms with Crippen molar-refractivity contribution >= 4 is 6.47 Å². The molecule has 0 bridgehead atoms. The Balaban J connectivity index is 2.88. The van der Waals surface area contributed by atoms with E-state index in [1.165, 1.54) is 0 Å². The van der Waals surface area contributed by atoms with Crippen LogP contribution in [-0.4, -0.2) is 17.2 Å². The predicted molar refractivity (Wildman–Crippen MR) is 56.3 cm³/mol. The molecule has 1 atom stereocenters. The molecule has 0 fully saturated rings. The lowest BCUT2D eigenvalue weighted by atomic mass is 9.92. The van der Waals surface area contributed by atoms with Crippen LogP contribution in [0.25, 0.3) is 0 Å². The molecule has 0 amide bonds. The summed E-state index contributed by atoms with van der Waals surface area (Å²) in [4.78, 5) is 10.3. The van der Waals surface area contributed by atoms with Crippen LogP contribution in [0, 0.1) is 0 Å². The number of ether oxygens (including phenoxy) is 1. The summed E-state index contributed by atoms with van der Waals surface area (Å²) in [5.41, 5.74) is 5.98. The fourth-order valence-corrected chi connectivity index (χ4v) is 1.28. The van der Waals surface area contributed by atoms with Gasteiger partial charge in [-0.1, -0.05) is 12.1 Å². The minimum atomic E-state index is -0.765. The molecule has 0 aliphatic carbocycles. The van der Waals surface area contributed by atoms with Crippen LogP contribution in [0.5, 0.6) is 5.75 Å². The van der Waals surface area contributed by atoms with Gasteiger partial charge in [0.15, 0.2) is 0 Å². The number of benzene rings is 1. The van der Waals surface area contributed by atoms with E-state index in [4.69, 9.17) is 15.6 Å². The van der Waals surface area contributed by atoms with Crippen LogP contribution in [0.1, 0.15) is 25.5 Å². The minimum absolute atomic E-state index is 0.181. The van der Waals surface area contributed by atoms with Crippen molar-refractivity contribution in [2.24, 2.45) is 5.73 Å². The number of hydrogen-bond acceptors (Lipinski definition) is 4. The molecule has 4 heteroatoms. The molecule has 1 aromatic rings. The Morgan fingerprint density at radius 1 is 1.40 bits per heavy atom. The van der Waals surface area contributed by atoms with E-state index in [-0.39, 0.29) is 5.75 Å². The van der Waals surface area contributed by atoms with Gasteiger partial charge in [-0.25, -0.2) is 0 Å². The molecule has 0 saturated carbocycles. The maximum atomic E-state index is 10.3. The van der Waals surface area contributed by atoms with Crippen molar-refractivity contribution < 1.29 is 14.6 Å². The van der Waals surface area contributed by atoms with Gasteiger partial charge in [-0.15, -0.1) is 0 Å². The number of rotatable bonds is 4. The van der Waals surface area contributed by atoms with E-state index in [1.54, 1.807) is 38.1 Å². The van der Waals surface area contributed by atoms with Gasteiger partial charge in [0.05, 0.1) is 6.04 Å². The van der Waals surface area contributed by atoms with Crippen molar-refractivity contribution in [3.8, 4) is 5.75 Å². The molecule has 82 valence electrons. The molecule has 0 saturated heterocycles. The molecule has 0 aliphatic heterocycles. The largest absolute Gasteiger partial charge is 0.508 e. The number of carbonyl (C=O) groups excluding carboxylic acids is 1. The first-order chi connectivity index (χ1) is 6.97. The third-order valence-corrected chi connectivity index (χ3v) is 2.35. The zero-order chi connectivity index (χ0) is 11.5. The summed E-state index contributed by atoms with van der Waals surface area (Å²) in [5, 5.41) is 9.12. The number of nitrogens with two attached hydrogens (primary N) is 1. The van der Waals surface area contributed by atoms with Gasteiger partial charge < -0.3 is 15.6 Å². The lowest BCUT2D eigenvalue weighted by Crippen LogP contribution is -2.37. The Morgan fingerprint density at radius 2 is 1.93 bits per heavy atom. The molecule has 0 spiro atoms. The van der Waals surface area contributed by atoms with Crippen LogP contribution in [0.2, 0.25) is 0 Å². The normalized spacial score (nSPS) is 13.3. The van der Waals surface area contributed by atoms with Crippen molar-refractivity contribution in [3.63, 3.8) is 0 Å². The predicted octanol–water partition coefficient (Wildman–Crippen LogP) is 1.34. The highest BCUT2D eigenvalue weighted by atomic mass is 16.5. The van der Waals surface area contributed by atoms with E-state index in [2.05, 4.69) is 0 Å². The Morgan fingerprint density at radius 3 is 2.40 bits per heavy atom. The maximum absolute atomic E-state index is 10.3. The summed E-state index contributed by atoms with van der Waals surface area (Å²) in [7, 11) is 0. The number of phenols is 1. The van der Waals surface area contributed by atoms with Crippen molar-refractivity contribution in [2.75, 3.05) is 0 Å². The van der Waals surface area contributed by atoms with Gasteiger partial charge >= 0.3 is 0 Å². The SMILES string of the molecule is CC(C)(OC=O)C(N)c1ccc(O)cc1. The van der Waals surface area contributed by atoms with E-state index in [0.29, 0.717) is 6.47 Å². The van der Waals surface area contributed by atoms with Crippen LogP contribution >= 0.6 is 0 Å². The van der Waals surface area contributed by atoms with Gasteiger partial charge in [-0.05, 0) is 31.5 Å². The Bertz CT molecular complexity index is 332. The lowest BCUT2D eigenvalue weighted by Gasteiger charge is -2.29. The first-order valence-corrected chi connectivity index (χ1v) is 4.63. The number of hydrogen-bond donors (Lipinski definition) is 2. The molecule has 0 heterocycles. The molecule has 0 aliphatic rings. The standard InChI is InChI=1S/C11H15NO3/c1-11(2,15-7-13)10(12)8-3-5-9(14)6-4-8/h3-7,10,14H,12H2,1-2H3. The van der Waals surface area contributed by atoms with Crippen LogP contribution in [-0.2, 0) is 9.53 Å². The zero-order valence-corrected chi connectivity index (χ0v) is 8.81. The average molecular weight is 209 g/mol. The third-order valence-electron chi connectivity index (χ3n) is 2.35. The summed E-state index contributed by atoms with van der Waals surface area (Å²) < 4.78 is 4.91. The zero-order valence-electron chi connectivity index (χ0n) is 8.81. The number of phenolic OH excluding ortho intramolecular Hbond substituents is 1. The van der Waals surface area contributed by atoms with Crippen molar-refractivity contribution in [1.29, 1.82) is 0 Å². The van der Waals surface area contributed by atoms with Crippen molar-refractivity contribution in [3.05, 3.63) is 29.8 Å². The quantitative estimate of drug-likeness (QED) is 0.734. The molecule has 4 nitrogen and oxygen atoms in total. The van der Waals surface area contributed by atoms with Gasteiger partial charge in [-0.3, -0.25) is 4.79 Å². The lowest BCUT2D eigenvalue weighted by molar-refractivity contribution is -0.142. The fraction of sp³-hybridized carbons (Fsp3) is 0.364. The van der Waals surface area contributed by atoms with E-state index in [1.807, 2.05) is 0 Å². The summed E-state index contributed by atoms with van der Waals surface area (Å²) >= 11 is 0. The fourth-order valence-electron chi connectivity index (χ4n) is 1.28. The summed E-state index contributed by atoms with van der Waals surface area (Å²) in [6.45, 7) is 3.86. The second-order valence-electron chi connectivity index (χ2n) is 3.89. The summed E-state index contributed by atoms with van der Waals surface area (Å²) in [6, 6.07) is 6.08. The highest BCUT2D eigenvalue weighted by molar-refractivity contribution is 5.39. The number of aromatic hydroxyl groups is 1. The molecular weight excluding hydrogens is 194 g/mol. The molecule has 1 aromatic carbocycles. The number of carbonyl (C=O) groups is 1. The van der Waals surface area contributed by atoms with E-state index in [0.717, 1.165) is 5.56 Å². The highest BCUT2D eigenvalue weighted by Crippen LogP contribution is 2.26. The monoisotopic (exact) mass is 209 g/mol. The van der Waals surface area contributed by atoms with Crippen molar-refractivity contribution in [2.45, 2.75) is 25.5 Å². The van der Waals surface area contributed by atoms with Crippen molar-refractivity contribution in [1.82, 2.24) is 0 Å². The maximum Gasteiger partial charge on any atom is 0.293 e. The van der Waals surface area contributed by atoms with E-state index in [9.17, 15) is 4.79 Å². The Kier molecular flexibility index (Phi) is 3.31. The average Bonchev–Trinajstić information content (AvgIpc) is 2.18. The topological polar surface area (TPSA) is 72.5 Å². The van der Waals surface area contributed by atoms with Crippen LogP contribution in [0.15, 0.2) is 24.3 Å². The summed E-state index contributed by atoms with van der Waals surface area (Å²) in [5.74, 6) is 0.181. The van der Waals surface area contributed by atoms with Crippen LogP contribution in [0.3, 0.4) is 0 Å². The summed E-state index contributed by atoms with van der Waals surface area (Å²) in [6.07, 6.45) is 0. The molecule has 15 heavy (non-hydrogen) atoms. The highest BCUT2D eigenvalue weighted by Gasteiger charge is 2.29. The van der Waals surface area contributed by atoms with E-state index >= 15 is 0 Å². The molecular formula is C11H15NO3. The minimum Gasteiger partial charge on any atom is -0.508 e. The second-order valence-corrected chi connectivity index (χ2v) is 3.89. The van der Waals surface area contributed by atoms with Gasteiger partial charge in [0.1, 0.15) is 11.4 Å².